The van der Waals surface area contributed by atoms with Crippen LogP contribution in [0.3, 0.4) is 0 Å². The Labute approximate surface area is 181 Å². The second kappa shape index (κ2) is 8.30. The molecule has 3 rings (SSSR count). The maximum Gasteiger partial charge on any atom is 0.414 e. The lowest BCUT2D eigenvalue weighted by Gasteiger charge is -2.40. The maximum atomic E-state index is 14.4. The Morgan fingerprint density at radius 2 is 1.71 bits per heavy atom. The molecule has 2 aromatic carbocycles. The number of ether oxygens (including phenoxy) is 1. The molecule has 1 atom stereocenters. The number of benzene rings is 2. The first-order valence-corrected chi connectivity index (χ1v) is 11.7. The van der Waals surface area contributed by atoms with Crippen molar-refractivity contribution in [2.75, 3.05) is 22.6 Å². The summed E-state index contributed by atoms with van der Waals surface area (Å²) in [4.78, 5) is 27.6. The number of sulfone groups is 1. The van der Waals surface area contributed by atoms with Crippen LogP contribution >= 0.6 is 0 Å². The third kappa shape index (κ3) is 4.56. The van der Waals surface area contributed by atoms with Gasteiger partial charge in [0, 0.05) is 19.7 Å². The van der Waals surface area contributed by atoms with E-state index in [0.29, 0.717) is 22.5 Å². The molecular formula is C22H25FN2O5S. The van der Waals surface area contributed by atoms with Gasteiger partial charge in [-0.2, -0.15) is 0 Å². The van der Waals surface area contributed by atoms with E-state index in [1.807, 2.05) is 6.92 Å². The van der Waals surface area contributed by atoms with Crippen molar-refractivity contribution >= 4 is 33.2 Å². The first-order chi connectivity index (χ1) is 14.4. The summed E-state index contributed by atoms with van der Waals surface area (Å²) in [6, 6.07) is 8.67. The Balaban J connectivity index is 2.12. The molecule has 0 spiro atoms. The van der Waals surface area contributed by atoms with Crippen molar-refractivity contribution in [2.45, 2.75) is 44.7 Å². The highest BCUT2D eigenvalue weighted by Gasteiger charge is 2.34. The zero-order valence-corrected chi connectivity index (χ0v) is 18.9. The fraction of sp³-hybridized carbons (Fsp3) is 0.364. The zero-order valence-electron chi connectivity index (χ0n) is 18.0. The van der Waals surface area contributed by atoms with Crippen LogP contribution in [-0.4, -0.2) is 45.4 Å². The monoisotopic (exact) mass is 448 g/mol. The molecule has 7 nitrogen and oxygen atoms in total. The van der Waals surface area contributed by atoms with E-state index in [-0.39, 0.29) is 29.5 Å². The molecule has 1 aliphatic heterocycles. The molecule has 2 amide bonds. The van der Waals surface area contributed by atoms with Gasteiger partial charge in [0.2, 0.25) is 5.91 Å². The van der Waals surface area contributed by atoms with Crippen LogP contribution in [0.1, 0.15) is 27.7 Å². The number of anilines is 2. The molecule has 0 bridgehead atoms. The molecule has 166 valence electrons. The van der Waals surface area contributed by atoms with Crippen molar-refractivity contribution in [2.24, 2.45) is 0 Å². The minimum absolute atomic E-state index is 0.165. The fourth-order valence-corrected chi connectivity index (χ4v) is 4.43. The van der Waals surface area contributed by atoms with Gasteiger partial charge in [-0.05, 0) is 56.2 Å². The standard InChI is InChI=1S/C22H25FN2O5S/c1-13(2)30-22(27)24-12-14(3)25(15(4)26)19-8-6-17(11-20(19)24)16-7-9-21(18(23)10-16)31(5,28)29/h6-11,13-14H,12H2,1-5H3/t14-/m0/s1. The van der Waals surface area contributed by atoms with Gasteiger partial charge >= 0.3 is 6.09 Å². The van der Waals surface area contributed by atoms with Gasteiger partial charge in [-0.3, -0.25) is 9.69 Å². The summed E-state index contributed by atoms with van der Waals surface area (Å²) < 4.78 is 43.2. The smallest absolute Gasteiger partial charge is 0.414 e. The molecule has 31 heavy (non-hydrogen) atoms. The predicted octanol–water partition coefficient (Wildman–Crippen LogP) is 4.00. The largest absolute Gasteiger partial charge is 0.446 e. The number of halogens is 1. The average molecular weight is 449 g/mol. The van der Waals surface area contributed by atoms with E-state index in [1.54, 1.807) is 36.9 Å². The van der Waals surface area contributed by atoms with E-state index < -0.39 is 21.7 Å². The van der Waals surface area contributed by atoms with Gasteiger partial charge in [0.1, 0.15) is 10.7 Å². The normalized spacial score (nSPS) is 16.3. The summed E-state index contributed by atoms with van der Waals surface area (Å²) in [7, 11) is -3.69. The van der Waals surface area contributed by atoms with Gasteiger partial charge < -0.3 is 9.64 Å². The molecule has 9 heteroatoms. The summed E-state index contributed by atoms with van der Waals surface area (Å²) in [5.41, 5.74) is 2.02. The number of hydrogen-bond donors (Lipinski definition) is 0. The topological polar surface area (TPSA) is 84.0 Å². The Hall–Kier alpha value is -2.94. The lowest BCUT2D eigenvalue weighted by molar-refractivity contribution is -0.117. The molecule has 1 aliphatic rings. The number of hydrogen-bond acceptors (Lipinski definition) is 5. The van der Waals surface area contributed by atoms with Crippen LogP contribution in [0.5, 0.6) is 0 Å². The summed E-state index contributed by atoms with van der Waals surface area (Å²) in [6.45, 7) is 7.03. The van der Waals surface area contributed by atoms with Crippen LogP contribution in [0.25, 0.3) is 11.1 Å². The van der Waals surface area contributed by atoms with Gasteiger partial charge in [-0.1, -0.05) is 12.1 Å². The Kier molecular flexibility index (Phi) is 6.09. The number of carbonyl (C=O) groups is 2. The van der Waals surface area contributed by atoms with Crippen molar-refractivity contribution in [1.82, 2.24) is 0 Å². The first-order valence-electron chi connectivity index (χ1n) is 9.82. The number of rotatable bonds is 3. The highest BCUT2D eigenvalue weighted by Crippen LogP contribution is 2.39. The van der Waals surface area contributed by atoms with Gasteiger partial charge in [0.05, 0.1) is 23.5 Å². The Bertz CT molecular complexity index is 1150. The van der Waals surface area contributed by atoms with Crippen LogP contribution < -0.4 is 9.80 Å². The summed E-state index contributed by atoms with van der Waals surface area (Å²) >= 11 is 0. The zero-order chi connectivity index (χ0) is 23.1. The predicted molar refractivity (Wildman–Crippen MR) is 117 cm³/mol. The van der Waals surface area contributed by atoms with E-state index in [4.69, 9.17) is 4.74 Å². The molecule has 0 N–H and O–H groups in total. The highest BCUT2D eigenvalue weighted by atomic mass is 32.2. The molecule has 0 aromatic heterocycles. The molecule has 0 radical (unpaired) electrons. The minimum atomic E-state index is -3.69. The number of carbonyl (C=O) groups excluding carboxylic acids is 2. The molecule has 2 aromatic rings. The van der Waals surface area contributed by atoms with Gasteiger partial charge in [0.15, 0.2) is 9.84 Å². The number of nitrogens with zero attached hydrogens (tertiary/aromatic N) is 2. The summed E-state index contributed by atoms with van der Waals surface area (Å²) in [5, 5.41) is 0. The second-order valence-corrected chi connectivity index (χ2v) is 9.89. The Morgan fingerprint density at radius 1 is 1.10 bits per heavy atom. The molecule has 1 heterocycles. The highest BCUT2D eigenvalue weighted by molar-refractivity contribution is 7.90. The van der Waals surface area contributed by atoms with Crippen molar-refractivity contribution < 1.29 is 27.1 Å². The lowest BCUT2D eigenvalue weighted by Crippen LogP contribution is -2.51. The van der Waals surface area contributed by atoms with Crippen molar-refractivity contribution in [3.8, 4) is 11.1 Å². The lowest BCUT2D eigenvalue weighted by atomic mass is 10.0. The molecular weight excluding hydrogens is 423 g/mol. The quantitative estimate of drug-likeness (QED) is 0.709. The third-order valence-corrected chi connectivity index (χ3v) is 6.10. The van der Waals surface area contributed by atoms with Crippen LogP contribution in [0, 0.1) is 5.82 Å². The van der Waals surface area contributed by atoms with E-state index in [2.05, 4.69) is 0 Å². The van der Waals surface area contributed by atoms with Crippen molar-refractivity contribution in [3.63, 3.8) is 0 Å². The molecule has 0 saturated carbocycles. The minimum Gasteiger partial charge on any atom is -0.446 e. The summed E-state index contributed by atoms with van der Waals surface area (Å²) in [6.07, 6.45) is 0.0830. The van der Waals surface area contributed by atoms with Crippen molar-refractivity contribution in [1.29, 1.82) is 0 Å². The van der Waals surface area contributed by atoms with Crippen LogP contribution in [0.2, 0.25) is 0 Å². The molecule has 0 fully saturated rings. The Morgan fingerprint density at radius 3 is 2.26 bits per heavy atom. The number of amides is 2. The SMILES string of the molecule is CC(=O)N1c2ccc(-c3ccc(S(C)(=O)=O)c(F)c3)cc2N(C(=O)OC(C)C)C[C@@H]1C. The van der Waals surface area contributed by atoms with Crippen LogP contribution in [0.15, 0.2) is 41.3 Å². The van der Waals surface area contributed by atoms with E-state index >= 15 is 0 Å². The average Bonchev–Trinajstić information content (AvgIpc) is 2.64. The number of fused-ring (bicyclic) bond motifs is 1. The second-order valence-electron chi connectivity index (χ2n) is 7.90. The summed E-state index contributed by atoms with van der Waals surface area (Å²) in [5.74, 6) is -1.02. The van der Waals surface area contributed by atoms with Crippen LogP contribution in [0.4, 0.5) is 20.6 Å². The van der Waals surface area contributed by atoms with Gasteiger partial charge in [-0.25, -0.2) is 17.6 Å². The van der Waals surface area contributed by atoms with E-state index in [1.165, 1.54) is 24.0 Å². The molecule has 0 saturated heterocycles. The maximum absolute atomic E-state index is 14.4. The van der Waals surface area contributed by atoms with Crippen LogP contribution in [-0.2, 0) is 19.4 Å². The first kappa shape index (κ1) is 22.7. The van der Waals surface area contributed by atoms with E-state index in [9.17, 15) is 22.4 Å². The van der Waals surface area contributed by atoms with E-state index in [0.717, 1.165) is 12.3 Å². The van der Waals surface area contributed by atoms with Crippen molar-refractivity contribution in [3.05, 3.63) is 42.2 Å². The van der Waals surface area contributed by atoms with Gasteiger partial charge in [-0.15, -0.1) is 0 Å². The third-order valence-electron chi connectivity index (χ3n) is 4.97. The van der Waals surface area contributed by atoms with Gasteiger partial charge in [0.25, 0.3) is 0 Å². The fourth-order valence-electron chi connectivity index (χ4n) is 3.70. The molecule has 0 aliphatic carbocycles. The molecule has 0 unspecified atom stereocenters.